The van der Waals surface area contributed by atoms with Crippen LogP contribution in [0.2, 0.25) is 10.0 Å². The van der Waals surface area contributed by atoms with E-state index in [9.17, 15) is 34.8 Å². The molecule has 2 aromatic carbocycles. The van der Waals surface area contributed by atoms with Crippen LogP contribution in [0.25, 0.3) is 11.1 Å². The number of anilines is 1. The second-order valence-corrected chi connectivity index (χ2v) is 11.9. The predicted octanol–water partition coefficient (Wildman–Crippen LogP) is 3.16. The Balaban J connectivity index is 1.76. The number of carbonyl (C=O) groups excluding carboxylic acids is 3. The summed E-state index contributed by atoms with van der Waals surface area (Å²) in [5.74, 6) is -6.98. The molecule has 41 heavy (non-hydrogen) atoms. The zero-order valence-electron chi connectivity index (χ0n) is 22.7. The van der Waals surface area contributed by atoms with Crippen LogP contribution in [0.1, 0.15) is 22.3 Å². The van der Waals surface area contributed by atoms with Crippen molar-refractivity contribution in [2.24, 2.45) is 17.6 Å². The fraction of sp³-hybridized carbons (Fsp3) is 0.345. The van der Waals surface area contributed by atoms with E-state index >= 15 is 0 Å². The smallest absolute Gasteiger partial charge is 0.255 e. The van der Waals surface area contributed by atoms with Crippen LogP contribution in [0.15, 0.2) is 46.9 Å². The van der Waals surface area contributed by atoms with Gasteiger partial charge in [0.25, 0.3) is 5.91 Å². The molecule has 0 fully saturated rings. The molecule has 0 saturated heterocycles. The number of nitrogens with two attached hydrogens (primary N) is 1. The highest BCUT2D eigenvalue weighted by Crippen LogP contribution is 2.54. The van der Waals surface area contributed by atoms with Crippen LogP contribution in [0.4, 0.5) is 5.69 Å². The molecule has 1 amide bonds. The highest BCUT2D eigenvalue weighted by Gasteiger charge is 2.63. The quantitative estimate of drug-likeness (QED) is 0.331. The van der Waals surface area contributed by atoms with Crippen molar-refractivity contribution >= 4 is 46.4 Å². The van der Waals surface area contributed by atoms with Gasteiger partial charge in [-0.05, 0) is 62.2 Å². The number of aliphatic hydroxyl groups excluding tert-OH is 2. The number of amides is 1. The molecule has 12 heteroatoms. The van der Waals surface area contributed by atoms with E-state index in [1.807, 2.05) is 0 Å². The molecule has 10 nitrogen and oxygen atoms in total. The van der Waals surface area contributed by atoms with Crippen molar-refractivity contribution in [2.75, 3.05) is 33.1 Å². The van der Waals surface area contributed by atoms with E-state index < -0.39 is 58.0 Å². The molecule has 0 spiro atoms. The molecule has 0 aliphatic heterocycles. The van der Waals surface area contributed by atoms with E-state index in [1.54, 1.807) is 57.4 Å². The number of hydrogen-bond acceptors (Lipinski definition) is 9. The standard InChI is InChI=1S/C29H29Cl2N3O7/c1-33(2)18-10-13(11-5-6-16(30)17(31)9-11)23(35)20-14(18)7-12-8-15-22(34(3)4)25(37)21(28(32)40)27(39)29(15,41)26(38)19(12)24(20)36/h5-6,9-10,12,15,22,35,37-38,41H,7-8H2,1-4H3,(H2,32,40)/t12-,15-,22+,29+/m1/s1. The SMILES string of the molecule is CN(C)c1cc(-c2ccc(Cl)c(Cl)c2)c(O)c2c1C[C@@H]1C[C@@H]3[C@H](N(C)C)C(O)=C(C(N)=O)C(=O)[C@@]3(O)C(O)=C1C2=O. The van der Waals surface area contributed by atoms with E-state index in [0.717, 1.165) is 0 Å². The molecule has 4 atom stereocenters. The van der Waals surface area contributed by atoms with Crippen molar-refractivity contribution in [3.8, 4) is 16.9 Å². The molecule has 0 bridgehead atoms. The average molecular weight is 602 g/mol. The highest BCUT2D eigenvalue weighted by molar-refractivity contribution is 6.42. The zero-order chi connectivity index (χ0) is 30.3. The fourth-order valence-corrected chi connectivity index (χ4v) is 6.88. The van der Waals surface area contributed by atoms with Gasteiger partial charge in [-0.1, -0.05) is 29.3 Å². The minimum absolute atomic E-state index is 0.00787. The van der Waals surface area contributed by atoms with Crippen molar-refractivity contribution in [3.63, 3.8) is 0 Å². The number of primary amides is 1. The lowest BCUT2D eigenvalue weighted by molar-refractivity contribution is -0.148. The average Bonchev–Trinajstić information content (AvgIpc) is 2.87. The molecule has 6 N–H and O–H groups in total. The number of hydrogen-bond donors (Lipinski definition) is 5. The van der Waals surface area contributed by atoms with Crippen molar-refractivity contribution in [1.29, 1.82) is 0 Å². The first-order valence-electron chi connectivity index (χ1n) is 12.8. The molecule has 5 rings (SSSR count). The Hall–Kier alpha value is -3.57. The van der Waals surface area contributed by atoms with Crippen molar-refractivity contribution in [1.82, 2.24) is 4.90 Å². The Morgan fingerprint density at radius 2 is 1.71 bits per heavy atom. The lowest BCUT2D eigenvalue weighted by Gasteiger charge is -2.50. The van der Waals surface area contributed by atoms with Crippen LogP contribution < -0.4 is 10.6 Å². The van der Waals surface area contributed by atoms with E-state index in [-0.39, 0.29) is 40.3 Å². The maximum Gasteiger partial charge on any atom is 0.255 e. The number of fused-ring (bicyclic) bond motifs is 3. The summed E-state index contributed by atoms with van der Waals surface area (Å²) in [5.41, 5.74) is 3.46. The van der Waals surface area contributed by atoms with Crippen LogP contribution >= 0.6 is 23.2 Å². The number of benzene rings is 2. The van der Waals surface area contributed by atoms with Gasteiger partial charge in [-0.2, -0.15) is 0 Å². The maximum absolute atomic E-state index is 14.2. The second kappa shape index (κ2) is 9.77. The van der Waals surface area contributed by atoms with Crippen LogP contribution in [-0.4, -0.2) is 82.6 Å². The third-order valence-corrected chi connectivity index (χ3v) is 9.15. The summed E-state index contributed by atoms with van der Waals surface area (Å²) in [5, 5.41) is 46.2. The molecule has 0 heterocycles. The molecule has 0 unspecified atom stereocenters. The molecular formula is C29H29Cl2N3O7. The highest BCUT2D eigenvalue weighted by atomic mass is 35.5. The predicted molar refractivity (Wildman–Crippen MR) is 153 cm³/mol. The minimum atomic E-state index is -2.70. The van der Waals surface area contributed by atoms with Crippen molar-refractivity contribution in [2.45, 2.75) is 24.5 Å². The first-order valence-corrected chi connectivity index (χ1v) is 13.5. The first kappa shape index (κ1) is 28.9. The summed E-state index contributed by atoms with van der Waals surface area (Å²) in [7, 11) is 6.74. The number of Topliss-reactive ketones (excluding diaryl/α,β-unsaturated/α-hetero) is 2. The monoisotopic (exact) mass is 601 g/mol. The lowest BCUT2D eigenvalue weighted by Crippen LogP contribution is -2.63. The summed E-state index contributed by atoms with van der Waals surface area (Å²) in [6.07, 6.45) is 0.186. The summed E-state index contributed by atoms with van der Waals surface area (Å²) in [4.78, 5) is 43.1. The molecule has 0 saturated carbocycles. The number of phenolic OH excluding ortho intramolecular Hbond substituents is 1. The van der Waals surface area contributed by atoms with Crippen LogP contribution in [0, 0.1) is 11.8 Å². The van der Waals surface area contributed by atoms with Crippen LogP contribution in [0.5, 0.6) is 5.75 Å². The molecule has 3 aliphatic rings. The van der Waals surface area contributed by atoms with Gasteiger partial charge in [0.1, 0.15) is 22.8 Å². The Morgan fingerprint density at radius 1 is 1.05 bits per heavy atom. The number of carbonyl (C=O) groups is 3. The van der Waals surface area contributed by atoms with E-state index in [4.69, 9.17) is 28.9 Å². The van der Waals surface area contributed by atoms with Gasteiger partial charge in [0.15, 0.2) is 11.4 Å². The summed E-state index contributed by atoms with van der Waals surface area (Å²) in [6.45, 7) is 0. The Kier molecular flexibility index (Phi) is 6.89. The van der Waals surface area contributed by atoms with Crippen molar-refractivity contribution < 1.29 is 34.8 Å². The Bertz CT molecular complexity index is 1610. The third kappa shape index (κ3) is 4.04. The number of likely N-dealkylation sites (N-methyl/N-ethyl adjacent to an activating group) is 1. The van der Waals surface area contributed by atoms with Crippen LogP contribution in [0.3, 0.4) is 0 Å². The number of aromatic hydroxyl groups is 1. The van der Waals surface area contributed by atoms with E-state index in [2.05, 4.69) is 0 Å². The first-order chi connectivity index (χ1) is 19.1. The fourth-order valence-electron chi connectivity index (χ4n) is 6.58. The molecule has 3 aliphatic carbocycles. The number of rotatable bonds is 4. The Labute approximate surface area is 245 Å². The molecule has 0 radical (unpaired) electrons. The zero-order valence-corrected chi connectivity index (χ0v) is 24.2. The van der Waals surface area contributed by atoms with E-state index in [0.29, 0.717) is 21.8 Å². The summed E-state index contributed by atoms with van der Waals surface area (Å²) >= 11 is 12.3. The van der Waals surface area contributed by atoms with Gasteiger partial charge in [-0.15, -0.1) is 0 Å². The van der Waals surface area contributed by atoms with Crippen molar-refractivity contribution in [3.05, 3.63) is 68.1 Å². The van der Waals surface area contributed by atoms with Crippen LogP contribution in [-0.2, 0) is 16.0 Å². The number of phenols is 1. The van der Waals surface area contributed by atoms with Gasteiger partial charge in [0.2, 0.25) is 5.78 Å². The number of allylic oxidation sites excluding steroid dienone is 1. The normalized spacial score (nSPS) is 25.7. The topological polar surface area (TPSA) is 165 Å². The molecule has 2 aromatic rings. The number of ketones is 2. The van der Waals surface area contributed by atoms with Gasteiger partial charge in [-0.3, -0.25) is 19.3 Å². The maximum atomic E-state index is 14.2. The largest absolute Gasteiger partial charge is 0.510 e. The number of halogens is 2. The van der Waals surface area contributed by atoms with Gasteiger partial charge >= 0.3 is 0 Å². The Morgan fingerprint density at radius 3 is 2.27 bits per heavy atom. The lowest BCUT2D eigenvalue weighted by atomic mass is 9.58. The number of nitrogens with zero attached hydrogens (tertiary/aromatic N) is 2. The third-order valence-electron chi connectivity index (χ3n) is 8.41. The van der Waals surface area contributed by atoms with Gasteiger partial charge in [-0.25, -0.2) is 0 Å². The van der Waals surface area contributed by atoms with Gasteiger partial charge in [0, 0.05) is 36.8 Å². The summed E-state index contributed by atoms with van der Waals surface area (Å²) < 4.78 is 0. The summed E-state index contributed by atoms with van der Waals surface area (Å²) in [6, 6.07) is 5.43. The molecular weight excluding hydrogens is 573 g/mol. The second-order valence-electron chi connectivity index (χ2n) is 11.1. The van der Waals surface area contributed by atoms with Gasteiger partial charge < -0.3 is 31.1 Å². The van der Waals surface area contributed by atoms with E-state index in [1.165, 1.54) is 4.90 Å². The molecule has 216 valence electrons. The minimum Gasteiger partial charge on any atom is -0.510 e. The van der Waals surface area contributed by atoms with Gasteiger partial charge in [0.05, 0.1) is 21.7 Å². The number of aliphatic hydroxyl groups is 3. The molecule has 0 aromatic heterocycles.